The van der Waals surface area contributed by atoms with Crippen molar-refractivity contribution in [3.8, 4) is 28.7 Å². The van der Waals surface area contributed by atoms with Gasteiger partial charge in [-0.1, -0.05) is 43.7 Å². The highest BCUT2D eigenvalue weighted by Gasteiger charge is 2.13. The molecule has 43 heavy (non-hydrogen) atoms. The van der Waals surface area contributed by atoms with Gasteiger partial charge in [0.15, 0.2) is 18.1 Å². The Morgan fingerprint density at radius 2 is 1.47 bits per heavy atom. The van der Waals surface area contributed by atoms with E-state index >= 15 is 0 Å². The number of hydrazone groups is 1. The van der Waals surface area contributed by atoms with E-state index in [1.807, 2.05) is 30.3 Å². The number of nitrogens with zero attached hydrogens (tertiary/aromatic N) is 1. The number of rotatable bonds is 15. The Labute approximate surface area is 251 Å². The van der Waals surface area contributed by atoms with Gasteiger partial charge in [0.25, 0.3) is 5.91 Å². The van der Waals surface area contributed by atoms with Crippen LogP contribution >= 0.6 is 0 Å². The predicted molar refractivity (Wildman–Crippen MR) is 163 cm³/mol. The fraction of sp³-hybridized carbons (Fsp3) is 0.206. The Balaban J connectivity index is 1.22. The number of esters is 1. The molecular weight excluding hydrogens is 548 g/mol. The number of amides is 1. The minimum absolute atomic E-state index is 0.217. The number of ether oxygens (including phenoxy) is 5. The van der Waals surface area contributed by atoms with Crippen LogP contribution in [0.2, 0.25) is 0 Å². The summed E-state index contributed by atoms with van der Waals surface area (Å²) in [6.07, 6.45) is 3.46. The summed E-state index contributed by atoms with van der Waals surface area (Å²) < 4.78 is 27.8. The number of nitrogens with one attached hydrogen (secondary N) is 1. The van der Waals surface area contributed by atoms with Crippen molar-refractivity contribution in [2.24, 2.45) is 5.10 Å². The van der Waals surface area contributed by atoms with Crippen LogP contribution in [-0.2, 0) is 11.4 Å². The quantitative estimate of drug-likeness (QED) is 0.0585. The molecule has 4 aromatic carbocycles. The van der Waals surface area contributed by atoms with E-state index in [9.17, 15) is 9.59 Å². The van der Waals surface area contributed by atoms with Gasteiger partial charge in [0.05, 0.1) is 25.5 Å². The standard InChI is InChI=1S/C34H34N2O7/c1-3-4-20-40-28-13-11-27(12-14-28)34(38)43-31-19-10-26(21-32(31)39-2)22-35-36-33(37)24-42-30-17-15-29(16-18-30)41-23-25-8-6-5-7-9-25/h5-19,21-22H,3-4,20,23-24H2,1-2H3,(H,36,37). The molecule has 0 fully saturated rings. The van der Waals surface area contributed by atoms with Gasteiger partial charge in [-0.15, -0.1) is 0 Å². The smallest absolute Gasteiger partial charge is 0.343 e. The first kappa shape index (κ1) is 30.6. The van der Waals surface area contributed by atoms with Crippen LogP contribution < -0.4 is 29.1 Å². The molecule has 0 aliphatic rings. The maximum Gasteiger partial charge on any atom is 0.343 e. The molecule has 0 aliphatic heterocycles. The number of carbonyl (C=O) groups excluding carboxylic acids is 2. The first-order valence-electron chi connectivity index (χ1n) is 13.9. The van der Waals surface area contributed by atoms with Gasteiger partial charge in [-0.05, 0) is 84.3 Å². The number of unbranched alkanes of at least 4 members (excludes halogenated alkanes) is 1. The van der Waals surface area contributed by atoms with Crippen LogP contribution in [0.25, 0.3) is 0 Å². The summed E-state index contributed by atoms with van der Waals surface area (Å²) in [5.41, 5.74) is 4.50. The molecule has 0 unspecified atom stereocenters. The molecule has 0 aliphatic carbocycles. The number of hydrogen-bond acceptors (Lipinski definition) is 8. The predicted octanol–water partition coefficient (Wildman–Crippen LogP) is 6.20. The molecule has 0 aromatic heterocycles. The summed E-state index contributed by atoms with van der Waals surface area (Å²) in [6, 6.07) is 28.6. The second-order valence-corrected chi connectivity index (χ2v) is 9.35. The van der Waals surface area contributed by atoms with Gasteiger partial charge in [-0.3, -0.25) is 4.79 Å². The van der Waals surface area contributed by atoms with E-state index in [-0.39, 0.29) is 12.4 Å². The van der Waals surface area contributed by atoms with Crippen LogP contribution in [0.15, 0.2) is 102 Å². The highest BCUT2D eigenvalue weighted by atomic mass is 16.6. The van der Waals surface area contributed by atoms with Gasteiger partial charge >= 0.3 is 5.97 Å². The molecule has 0 atom stereocenters. The van der Waals surface area contributed by atoms with E-state index in [1.165, 1.54) is 13.3 Å². The number of hydrogen-bond donors (Lipinski definition) is 1. The van der Waals surface area contributed by atoms with E-state index in [0.717, 1.165) is 18.4 Å². The topological polar surface area (TPSA) is 105 Å². The summed E-state index contributed by atoms with van der Waals surface area (Å²) in [7, 11) is 1.47. The van der Waals surface area contributed by atoms with Gasteiger partial charge in [0.1, 0.15) is 23.9 Å². The van der Waals surface area contributed by atoms with Crippen molar-refractivity contribution in [3.05, 3.63) is 114 Å². The molecule has 1 N–H and O–H groups in total. The molecule has 0 saturated carbocycles. The molecule has 0 radical (unpaired) electrons. The number of benzene rings is 4. The fourth-order valence-electron chi connectivity index (χ4n) is 3.76. The largest absolute Gasteiger partial charge is 0.494 e. The molecule has 1 amide bonds. The first-order chi connectivity index (χ1) is 21.0. The molecule has 9 heteroatoms. The Morgan fingerprint density at radius 3 is 2.16 bits per heavy atom. The third-order valence-corrected chi connectivity index (χ3v) is 6.09. The zero-order valence-electron chi connectivity index (χ0n) is 24.2. The van der Waals surface area contributed by atoms with Crippen LogP contribution in [0.3, 0.4) is 0 Å². The van der Waals surface area contributed by atoms with Crippen molar-refractivity contribution >= 4 is 18.1 Å². The average Bonchev–Trinajstić information content (AvgIpc) is 3.04. The lowest BCUT2D eigenvalue weighted by Crippen LogP contribution is -2.24. The normalized spacial score (nSPS) is 10.7. The minimum Gasteiger partial charge on any atom is -0.494 e. The molecule has 0 heterocycles. The summed E-state index contributed by atoms with van der Waals surface area (Å²) in [5.74, 6) is 1.55. The number of methoxy groups -OCH3 is 1. The minimum atomic E-state index is -0.526. The van der Waals surface area contributed by atoms with Crippen LogP contribution in [0, 0.1) is 0 Å². The van der Waals surface area contributed by atoms with Gasteiger partial charge in [0.2, 0.25) is 0 Å². The lowest BCUT2D eigenvalue weighted by atomic mass is 10.2. The van der Waals surface area contributed by atoms with Gasteiger partial charge in [-0.2, -0.15) is 5.10 Å². The van der Waals surface area contributed by atoms with Crippen LogP contribution in [0.1, 0.15) is 41.3 Å². The van der Waals surface area contributed by atoms with E-state index in [1.54, 1.807) is 66.7 Å². The highest BCUT2D eigenvalue weighted by Crippen LogP contribution is 2.28. The molecule has 4 rings (SSSR count). The highest BCUT2D eigenvalue weighted by molar-refractivity contribution is 5.92. The Hall–Kier alpha value is -5.31. The van der Waals surface area contributed by atoms with Crippen molar-refractivity contribution in [1.82, 2.24) is 5.43 Å². The number of carbonyl (C=O) groups is 2. The molecule has 0 bridgehead atoms. The van der Waals surface area contributed by atoms with E-state index < -0.39 is 11.9 Å². The lowest BCUT2D eigenvalue weighted by molar-refractivity contribution is -0.123. The summed E-state index contributed by atoms with van der Waals surface area (Å²) in [6.45, 7) is 2.97. The molecular formula is C34H34N2O7. The van der Waals surface area contributed by atoms with Crippen molar-refractivity contribution in [3.63, 3.8) is 0 Å². The summed E-state index contributed by atoms with van der Waals surface area (Å²) in [4.78, 5) is 24.8. The zero-order valence-corrected chi connectivity index (χ0v) is 24.2. The molecule has 222 valence electrons. The fourth-order valence-corrected chi connectivity index (χ4v) is 3.76. The Kier molecular flexibility index (Phi) is 11.6. The lowest BCUT2D eigenvalue weighted by Gasteiger charge is -2.10. The maximum atomic E-state index is 12.6. The average molecular weight is 583 g/mol. The first-order valence-corrected chi connectivity index (χ1v) is 13.9. The third kappa shape index (κ3) is 9.93. The van der Waals surface area contributed by atoms with Crippen molar-refractivity contribution in [2.75, 3.05) is 20.3 Å². The van der Waals surface area contributed by atoms with Crippen LogP contribution in [0.4, 0.5) is 0 Å². The Bertz CT molecular complexity index is 1490. The van der Waals surface area contributed by atoms with Crippen LogP contribution in [0.5, 0.6) is 28.7 Å². The van der Waals surface area contributed by atoms with E-state index in [0.29, 0.717) is 47.3 Å². The molecule has 4 aromatic rings. The second kappa shape index (κ2) is 16.2. The zero-order chi connectivity index (χ0) is 30.3. The van der Waals surface area contributed by atoms with E-state index in [4.69, 9.17) is 23.7 Å². The molecule has 0 spiro atoms. The van der Waals surface area contributed by atoms with Crippen molar-refractivity contribution < 1.29 is 33.3 Å². The van der Waals surface area contributed by atoms with Gasteiger partial charge in [0, 0.05) is 0 Å². The van der Waals surface area contributed by atoms with Gasteiger partial charge in [-0.25, -0.2) is 10.2 Å². The summed E-state index contributed by atoms with van der Waals surface area (Å²) in [5, 5.41) is 3.97. The van der Waals surface area contributed by atoms with Crippen LogP contribution in [-0.4, -0.2) is 38.4 Å². The van der Waals surface area contributed by atoms with Gasteiger partial charge < -0.3 is 23.7 Å². The SMILES string of the molecule is CCCCOc1ccc(C(=O)Oc2ccc(C=NNC(=O)COc3ccc(OCc4ccccc4)cc3)cc2OC)cc1. The molecule has 9 nitrogen and oxygen atoms in total. The summed E-state index contributed by atoms with van der Waals surface area (Å²) >= 11 is 0. The van der Waals surface area contributed by atoms with Crippen molar-refractivity contribution in [2.45, 2.75) is 26.4 Å². The third-order valence-electron chi connectivity index (χ3n) is 6.09. The Morgan fingerprint density at radius 1 is 0.791 bits per heavy atom. The molecule has 0 saturated heterocycles. The second-order valence-electron chi connectivity index (χ2n) is 9.35. The monoisotopic (exact) mass is 582 g/mol. The maximum absolute atomic E-state index is 12.6. The van der Waals surface area contributed by atoms with Crippen molar-refractivity contribution in [1.29, 1.82) is 0 Å². The van der Waals surface area contributed by atoms with E-state index in [2.05, 4.69) is 17.5 Å².